The highest BCUT2D eigenvalue weighted by Crippen LogP contribution is 2.23. The topological polar surface area (TPSA) is 37.4 Å². The van der Waals surface area contributed by atoms with Crippen LogP contribution in [0, 0.1) is 11.6 Å². The number of anilines is 1. The lowest BCUT2D eigenvalue weighted by Gasteiger charge is -2.16. The van der Waals surface area contributed by atoms with E-state index in [0.29, 0.717) is 24.2 Å². The lowest BCUT2D eigenvalue weighted by atomic mass is 10.1. The van der Waals surface area contributed by atoms with Gasteiger partial charge in [0, 0.05) is 29.8 Å². The lowest BCUT2D eigenvalue weighted by molar-refractivity contribution is -0.117. The maximum atomic E-state index is 13.6. The maximum absolute atomic E-state index is 13.6. The molecule has 0 aromatic heterocycles. The third-order valence-corrected chi connectivity index (χ3v) is 3.91. The molecule has 0 atom stereocenters. The SMILES string of the molecule is O=C(C=Cc1cccc(F)c1F)c1cccc(N2CCCC2=O)c1. The van der Waals surface area contributed by atoms with E-state index in [1.807, 2.05) is 0 Å². The van der Waals surface area contributed by atoms with Gasteiger partial charge in [-0.3, -0.25) is 9.59 Å². The Morgan fingerprint density at radius 3 is 2.67 bits per heavy atom. The first-order valence-electron chi connectivity index (χ1n) is 7.63. The van der Waals surface area contributed by atoms with Gasteiger partial charge in [-0.1, -0.05) is 24.3 Å². The number of hydrogen-bond acceptors (Lipinski definition) is 2. The third kappa shape index (κ3) is 3.25. The fraction of sp³-hybridized carbons (Fsp3) is 0.158. The number of ketones is 1. The Hall–Kier alpha value is -2.82. The van der Waals surface area contributed by atoms with Crippen molar-refractivity contribution in [2.75, 3.05) is 11.4 Å². The van der Waals surface area contributed by atoms with Gasteiger partial charge in [-0.05, 0) is 36.8 Å². The fourth-order valence-corrected chi connectivity index (χ4v) is 2.66. The Balaban J connectivity index is 1.81. The molecule has 3 rings (SSSR count). The Morgan fingerprint density at radius 1 is 1.12 bits per heavy atom. The van der Waals surface area contributed by atoms with E-state index in [2.05, 4.69) is 0 Å². The minimum absolute atomic E-state index is 0.00854. The number of hydrogen-bond donors (Lipinski definition) is 0. The van der Waals surface area contributed by atoms with Gasteiger partial charge in [-0.25, -0.2) is 8.78 Å². The summed E-state index contributed by atoms with van der Waals surface area (Å²) >= 11 is 0. The second kappa shape index (κ2) is 6.74. The summed E-state index contributed by atoms with van der Waals surface area (Å²) in [5, 5.41) is 0. The second-order valence-electron chi connectivity index (χ2n) is 5.54. The summed E-state index contributed by atoms with van der Waals surface area (Å²) in [5.41, 5.74) is 1.07. The van der Waals surface area contributed by atoms with Crippen LogP contribution in [-0.2, 0) is 4.79 Å². The molecule has 0 N–H and O–H groups in total. The van der Waals surface area contributed by atoms with Gasteiger partial charge >= 0.3 is 0 Å². The minimum atomic E-state index is -0.988. The number of allylic oxidation sites excluding steroid dienone is 1. The molecule has 0 bridgehead atoms. The summed E-state index contributed by atoms with van der Waals surface area (Å²) in [6.45, 7) is 0.640. The average molecular weight is 327 g/mol. The first kappa shape index (κ1) is 16.1. The minimum Gasteiger partial charge on any atom is -0.312 e. The van der Waals surface area contributed by atoms with Gasteiger partial charge in [-0.2, -0.15) is 0 Å². The summed E-state index contributed by atoms with van der Waals surface area (Å²) in [5.74, 6) is -2.25. The van der Waals surface area contributed by atoms with E-state index in [1.165, 1.54) is 24.3 Å². The van der Waals surface area contributed by atoms with Crippen LogP contribution in [0.2, 0.25) is 0 Å². The molecule has 1 saturated heterocycles. The normalized spacial score (nSPS) is 14.6. The molecule has 2 aromatic carbocycles. The Morgan fingerprint density at radius 2 is 1.92 bits per heavy atom. The molecule has 2 aromatic rings. The first-order chi connectivity index (χ1) is 11.6. The molecular formula is C19H15F2NO2. The fourth-order valence-electron chi connectivity index (χ4n) is 2.66. The molecule has 1 heterocycles. The van der Waals surface area contributed by atoms with Crippen LogP contribution in [-0.4, -0.2) is 18.2 Å². The number of amides is 1. The number of carbonyl (C=O) groups is 2. The molecule has 122 valence electrons. The molecule has 0 spiro atoms. The molecule has 0 radical (unpaired) electrons. The van der Waals surface area contributed by atoms with E-state index >= 15 is 0 Å². The quantitative estimate of drug-likeness (QED) is 0.629. The molecule has 1 aliphatic heterocycles. The standard InChI is InChI=1S/C19H15F2NO2/c20-16-7-2-4-13(19(16)21)9-10-17(23)14-5-1-6-15(12-14)22-11-3-8-18(22)24/h1-2,4-7,9-10,12H,3,8,11H2. The van der Waals surface area contributed by atoms with Gasteiger partial charge in [0.05, 0.1) is 0 Å². The van der Waals surface area contributed by atoms with Gasteiger partial charge in [0.2, 0.25) is 5.91 Å². The van der Waals surface area contributed by atoms with Crippen LogP contribution in [0.15, 0.2) is 48.5 Å². The molecule has 0 saturated carbocycles. The van der Waals surface area contributed by atoms with Gasteiger partial charge in [-0.15, -0.1) is 0 Å². The zero-order chi connectivity index (χ0) is 17.1. The van der Waals surface area contributed by atoms with Crippen molar-refractivity contribution in [3.63, 3.8) is 0 Å². The molecule has 1 fully saturated rings. The van der Waals surface area contributed by atoms with Crippen LogP contribution < -0.4 is 4.90 Å². The van der Waals surface area contributed by atoms with Crippen molar-refractivity contribution in [2.24, 2.45) is 0 Å². The average Bonchev–Trinajstić information content (AvgIpc) is 3.02. The molecule has 0 aliphatic carbocycles. The monoisotopic (exact) mass is 327 g/mol. The van der Waals surface area contributed by atoms with Gasteiger partial charge < -0.3 is 4.90 Å². The molecule has 1 amide bonds. The van der Waals surface area contributed by atoms with Crippen LogP contribution in [0.5, 0.6) is 0 Å². The Kier molecular flexibility index (Phi) is 4.51. The number of benzene rings is 2. The highest BCUT2D eigenvalue weighted by molar-refractivity contribution is 6.08. The van der Waals surface area contributed by atoms with E-state index in [1.54, 1.807) is 29.2 Å². The predicted octanol–water partition coefficient (Wildman–Crippen LogP) is 3.99. The van der Waals surface area contributed by atoms with Crippen LogP contribution in [0.3, 0.4) is 0 Å². The molecule has 1 aliphatic rings. The molecular weight excluding hydrogens is 312 g/mol. The zero-order valence-corrected chi connectivity index (χ0v) is 12.8. The van der Waals surface area contributed by atoms with E-state index in [4.69, 9.17) is 0 Å². The van der Waals surface area contributed by atoms with Crippen molar-refractivity contribution in [3.05, 3.63) is 71.3 Å². The van der Waals surface area contributed by atoms with E-state index < -0.39 is 11.6 Å². The number of nitrogens with zero attached hydrogens (tertiary/aromatic N) is 1. The van der Waals surface area contributed by atoms with E-state index in [9.17, 15) is 18.4 Å². The predicted molar refractivity (Wildman–Crippen MR) is 87.8 cm³/mol. The van der Waals surface area contributed by atoms with Crippen LogP contribution >= 0.6 is 0 Å². The van der Waals surface area contributed by atoms with Crippen molar-refractivity contribution in [1.82, 2.24) is 0 Å². The number of halogens is 2. The van der Waals surface area contributed by atoms with Crippen molar-refractivity contribution in [1.29, 1.82) is 0 Å². The van der Waals surface area contributed by atoms with Crippen LogP contribution in [0.4, 0.5) is 14.5 Å². The van der Waals surface area contributed by atoms with Crippen molar-refractivity contribution < 1.29 is 18.4 Å². The third-order valence-electron chi connectivity index (χ3n) is 3.91. The smallest absolute Gasteiger partial charge is 0.227 e. The molecule has 24 heavy (non-hydrogen) atoms. The van der Waals surface area contributed by atoms with Gasteiger partial charge in [0.25, 0.3) is 0 Å². The zero-order valence-electron chi connectivity index (χ0n) is 12.8. The summed E-state index contributed by atoms with van der Waals surface area (Å²) in [7, 11) is 0. The van der Waals surface area contributed by atoms with Crippen molar-refractivity contribution in [3.8, 4) is 0 Å². The Bertz CT molecular complexity index is 830. The highest BCUT2D eigenvalue weighted by atomic mass is 19.2. The largest absolute Gasteiger partial charge is 0.312 e. The summed E-state index contributed by atoms with van der Waals surface area (Å²) in [6, 6.07) is 10.5. The second-order valence-corrected chi connectivity index (χ2v) is 5.54. The molecule has 0 unspecified atom stereocenters. The summed E-state index contributed by atoms with van der Waals surface area (Å²) < 4.78 is 26.7. The molecule has 5 heteroatoms. The van der Waals surface area contributed by atoms with Gasteiger partial charge in [0.15, 0.2) is 17.4 Å². The van der Waals surface area contributed by atoms with Crippen LogP contribution in [0.1, 0.15) is 28.8 Å². The lowest BCUT2D eigenvalue weighted by Crippen LogP contribution is -2.23. The molecule has 3 nitrogen and oxygen atoms in total. The van der Waals surface area contributed by atoms with Crippen molar-refractivity contribution in [2.45, 2.75) is 12.8 Å². The summed E-state index contributed by atoms with van der Waals surface area (Å²) in [4.78, 5) is 25.7. The summed E-state index contributed by atoms with van der Waals surface area (Å²) in [6.07, 6.45) is 3.75. The maximum Gasteiger partial charge on any atom is 0.227 e. The van der Waals surface area contributed by atoms with Crippen molar-refractivity contribution >= 4 is 23.5 Å². The number of rotatable bonds is 4. The van der Waals surface area contributed by atoms with Crippen LogP contribution in [0.25, 0.3) is 6.08 Å². The highest BCUT2D eigenvalue weighted by Gasteiger charge is 2.22. The number of carbonyl (C=O) groups excluding carboxylic acids is 2. The Labute approximate surface area is 138 Å². The first-order valence-corrected chi connectivity index (χ1v) is 7.63. The van der Waals surface area contributed by atoms with E-state index in [0.717, 1.165) is 12.5 Å². The van der Waals surface area contributed by atoms with Gasteiger partial charge in [0.1, 0.15) is 0 Å². The van der Waals surface area contributed by atoms with E-state index in [-0.39, 0.29) is 17.3 Å².